The summed E-state index contributed by atoms with van der Waals surface area (Å²) in [5, 5.41) is 0.387. The Balaban J connectivity index is 3.08. The van der Waals surface area contributed by atoms with Crippen LogP contribution in [0.3, 0.4) is 0 Å². The first-order chi connectivity index (χ1) is 6.31. The van der Waals surface area contributed by atoms with Gasteiger partial charge in [0.25, 0.3) is 0 Å². The van der Waals surface area contributed by atoms with E-state index in [1.807, 2.05) is 6.92 Å². The third-order valence-corrected chi connectivity index (χ3v) is 3.31. The van der Waals surface area contributed by atoms with Crippen molar-refractivity contribution in [3.05, 3.63) is 0 Å². The van der Waals surface area contributed by atoms with Gasteiger partial charge in [0.2, 0.25) is 9.76 Å². The molecule has 0 heterocycles. The fourth-order valence-electron chi connectivity index (χ4n) is 1.21. The summed E-state index contributed by atoms with van der Waals surface area (Å²) in [5.74, 6) is 0. The molecule has 0 amide bonds. The predicted octanol–water partition coefficient (Wildman–Crippen LogP) is 1.99. The lowest BCUT2D eigenvalue weighted by Gasteiger charge is -2.00. The molecule has 0 aliphatic carbocycles. The van der Waals surface area contributed by atoms with Gasteiger partial charge in [0, 0.05) is 13.0 Å². The third kappa shape index (κ3) is 9.76. The first kappa shape index (κ1) is 12.8. The molecule has 2 nitrogen and oxygen atoms in total. The van der Waals surface area contributed by atoms with Crippen LogP contribution in [0.15, 0.2) is 0 Å². The summed E-state index contributed by atoms with van der Waals surface area (Å²) in [4.78, 5) is 11.2. The van der Waals surface area contributed by atoms with Gasteiger partial charge in [-0.1, -0.05) is 32.6 Å². The van der Waals surface area contributed by atoms with Crippen molar-refractivity contribution in [2.24, 2.45) is 0 Å². The molecule has 0 bridgehead atoms. The number of rotatable bonds is 9. The van der Waals surface area contributed by atoms with Gasteiger partial charge in [-0.15, -0.1) is 0 Å². The normalized spacial score (nSPS) is 11.2. The molecule has 0 atom stereocenters. The molecule has 0 radical (unpaired) electrons. The second-order valence-electron chi connectivity index (χ2n) is 3.34. The highest BCUT2D eigenvalue weighted by Gasteiger charge is 2.01. The monoisotopic (exact) mass is 202 g/mol. The second kappa shape index (κ2) is 9.93. The fourth-order valence-corrected chi connectivity index (χ4v) is 2.04. The fraction of sp³-hybridized carbons (Fsp3) is 0.900. The molecule has 0 saturated carbocycles. The van der Waals surface area contributed by atoms with Gasteiger partial charge in [-0.2, -0.15) is 0 Å². The highest BCUT2D eigenvalue weighted by Crippen LogP contribution is 2.04. The van der Waals surface area contributed by atoms with Gasteiger partial charge in [0.15, 0.2) is 0 Å². The van der Waals surface area contributed by atoms with Gasteiger partial charge in [-0.05, 0) is 13.3 Å². The number of hydrogen-bond acceptors (Lipinski definition) is 2. The Morgan fingerprint density at radius 2 is 1.85 bits per heavy atom. The molecule has 0 aromatic carbocycles. The molecule has 0 fully saturated rings. The Morgan fingerprint density at radius 1 is 1.15 bits per heavy atom. The van der Waals surface area contributed by atoms with E-state index in [9.17, 15) is 4.79 Å². The summed E-state index contributed by atoms with van der Waals surface area (Å²) in [6, 6.07) is 0. The van der Waals surface area contributed by atoms with Crippen molar-refractivity contribution >= 4 is 15.2 Å². The predicted molar refractivity (Wildman–Crippen MR) is 58.6 cm³/mol. The lowest BCUT2D eigenvalue weighted by atomic mass is 10.1. The van der Waals surface area contributed by atoms with Crippen molar-refractivity contribution in [2.75, 3.05) is 6.61 Å². The van der Waals surface area contributed by atoms with E-state index < -0.39 is 9.76 Å². The summed E-state index contributed by atoms with van der Waals surface area (Å²) < 4.78 is 5.16. The summed E-state index contributed by atoms with van der Waals surface area (Å²) in [5.41, 5.74) is 0. The maximum absolute atomic E-state index is 11.2. The summed E-state index contributed by atoms with van der Waals surface area (Å²) in [7, 11) is -0.843. The van der Waals surface area contributed by atoms with Crippen LogP contribution in [0.1, 0.15) is 52.4 Å². The van der Waals surface area contributed by atoms with Gasteiger partial charge < -0.3 is 9.22 Å². The zero-order chi connectivity index (χ0) is 9.94. The number of carbonyl (C=O) groups excluding carboxylic acids is 1. The molecule has 0 unspecified atom stereocenters. The molecule has 78 valence electrons. The van der Waals surface area contributed by atoms with Crippen molar-refractivity contribution in [1.82, 2.24) is 0 Å². The van der Waals surface area contributed by atoms with E-state index in [-0.39, 0.29) is 0 Å². The molecular weight excluding hydrogens is 180 g/mol. The van der Waals surface area contributed by atoms with Crippen LogP contribution in [0.5, 0.6) is 0 Å². The van der Waals surface area contributed by atoms with Gasteiger partial charge >= 0.3 is 0 Å². The van der Waals surface area contributed by atoms with Crippen LogP contribution >= 0.6 is 0 Å². The number of carbonyl (C=O) groups is 1. The summed E-state index contributed by atoms with van der Waals surface area (Å²) in [6.07, 6.45) is 6.88. The molecule has 3 heteroatoms. The first-order valence-electron chi connectivity index (χ1n) is 5.40. The first-order valence-corrected chi connectivity index (χ1v) is 6.69. The lowest BCUT2D eigenvalue weighted by molar-refractivity contribution is -0.113. The van der Waals surface area contributed by atoms with Crippen LogP contribution in [0.2, 0.25) is 0 Å². The minimum Gasteiger partial charge on any atom is -0.415 e. The van der Waals surface area contributed by atoms with Crippen molar-refractivity contribution in [2.45, 2.75) is 52.4 Å². The minimum absolute atomic E-state index is 0.387. The van der Waals surface area contributed by atoms with Crippen molar-refractivity contribution in [3.63, 3.8) is 0 Å². The molecule has 0 saturated heterocycles. The third-order valence-electron chi connectivity index (χ3n) is 2.03. The van der Waals surface area contributed by atoms with Gasteiger partial charge in [0.1, 0.15) is 5.41 Å². The number of unbranched alkanes of at least 4 members (excludes halogenated alkanes) is 4. The summed E-state index contributed by atoms with van der Waals surface area (Å²) >= 11 is 0. The molecule has 0 aliphatic heterocycles. The van der Waals surface area contributed by atoms with Crippen molar-refractivity contribution in [1.29, 1.82) is 0 Å². The average molecular weight is 202 g/mol. The average Bonchev–Trinajstić information content (AvgIpc) is 2.14. The molecule has 0 aromatic rings. The minimum atomic E-state index is -0.843. The van der Waals surface area contributed by atoms with E-state index in [0.717, 1.165) is 12.8 Å². The highest BCUT2D eigenvalue weighted by atomic mass is 28.2. The quantitative estimate of drug-likeness (QED) is 0.422. The Kier molecular flexibility index (Phi) is 9.81. The van der Waals surface area contributed by atoms with Crippen LogP contribution in [-0.4, -0.2) is 21.8 Å². The SMILES string of the molecule is CCCCCCCC(=O)[SiH2]OCC. The molecule has 0 N–H and O–H groups in total. The molecule has 13 heavy (non-hydrogen) atoms. The van der Waals surface area contributed by atoms with E-state index in [0.29, 0.717) is 12.0 Å². The molecule has 0 rings (SSSR count). The Hall–Kier alpha value is -0.153. The van der Waals surface area contributed by atoms with Crippen molar-refractivity contribution in [3.8, 4) is 0 Å². The molecule has 0 aliphatic rings. The summed E-state index contributed by atoms with van der Waals surface area (Å²) in [6.45, 7) is 4.85. The van der Waals surface area contributed by atoms with Crippen LogP contribution < -0.4 is 0 Å². The van der Waals surface area contributed by atoms with E-state index in [1.165, 1.54) is 25.7 Å². The van der Waals surface area contributed by atoms with E-state index in [4.69, 9.17) is 4.43 Å². The van der Waals surface area contributed by atoms with Crippen LogP contribution in [-0.2, 0) is 9.22 Å². The molecule has 0 aromatic heterocycles. The smallest absolute Gasteiger partial charge is 0.234 e. The second-order valence-corrected chi connectivity index (χ2v) is 4.83. The zero-order valence-corrected chi connectivity index (χ0v) is 10.4. The Labute approximate surface area is 84.0 Å². The molecular formula is C10H22O2Si. The highest BCUT2D eigenvalue weighted by molar-refractivity contribution is 6.68. The maximum atomic E-state index is 11.2. The van der Waals surface area contributed by atoms with Gasteiger partial charge in [0.05, 0.1) is 0 Å². The topological polar surface area (TPSA) is 26.3 Å². The largest absolute Gasteiger partial charge is 0.415 e. The van der Waals surface area contributed by atoms with E-state index in [1.54, 1.807) is 0 Å². The van der Waals surface area contributed by atoms with Crippen LogP contribution in [0, 0.1) is 0 Å². The van der Waals surface area contributed by atoms with Gasteiger partial charge in [-0.3, -0.25) is 0 Å². The zero-order valence-electron chi connectivity index (χ0n) is 8.97. The Morgan fingerprint density at radius 3 is 2.46 bits per heavy atom. The lowest BCUT2D eigenvalue weighted by Crippen LogP contribution is -2.12. The van der Waals surface area contributed by atoms with Crippen molar-refractivity contribution < 1.29 is 9.22 Å². The van der Waals surface area contributed by atoms with Crippen LogP contribution in [0.4, 0.5) is 0 Å². The number of hydrogen-bond donors (Lipinski definition) is 0. The maximum Gasteiger partial charge on any atom is 0.234 e. The van der Waals surface area contributed by atoms with E-state index in [2.05, 4.69) is 6.92 Å². The Bertz CT molecular complexity index is 126. The van der Waals surface area contributed by atoms with Crippen LogP contribution in [0.25, 0.3) is 0 Å². The molecule has 0 spiro atoms. The standard InChI is InChI=1S/C10H22O2Si/c1-3-5-6-7-8-9-10(11)13-12-4-2/h3-9,13H2,1-2H3. The van der Waals surface area contributed by atoms with Gasteiger partial charge in [-0.25, -0.2) is 0 Å². The van der Waals surface area contributed by atoms with E-state index >= 15 is 0 Å².